The molecule has 8 nitrogen and oxygen atoms in total. The normalized spacial score (nSPS) is 20.6. The fraction of sp³-hybridized carbons (Fsp3) is 0.619. The highest BCUT2D eigenvalue weighted by Crippen LogP contribution is 2.26. The summed E-state index contributed by atoms with van der Waals surface area (Å²) in [5.41, 5.74) is 0. The first-order valence-corrected chi connectivity index (χ1v) is 12.0. The van der Waals surface area contributed by atoms with Crippen LogP contribution in [0.15, 0.2) is 35.2 Å². The van der Waals surface area contributed by atoms with Crippen LogP contribution in [0.5, 0.6) is 0 Å². The van der Waals surface area contributed by atoms with Crippen molar-refractivity contribution in [3.05, 3.63) is 30.3 Å². The maximum atomic E-state index is 12.7. The number of hydrogen-bond acceptors (Lipinski definition) is 5. The Labute approximate surface area is 178 Å². The van der Waals surface area contributed by atoms with Crippen molar-refractivity contribution >= 4 is 22.0 Å². The summed E-state index contributed by atoms with van der Waals surface area (Å²) >= 11 is 0. The molecule has 1 aromatic rings. The predicted octanol–water partition coefficient (Wildman–Crippen LogP) is 2.31. The Bertz CT molecular complexity index is 837. The number of rotatable bonds is 8. The third kappa shape index (κ3) is 4.95. The molecular formula is C21H31N3O5S. The predicted molar refractivity (Wildman–Crippen MR) is 112 cm³/mol. The van der Waals surface area contributed by atoms with Gasteiger partial charge in [0.25, 0.3) is 0 Å². The Kier molecular flexibility index (Phi) is 7.36. The summed E-state index contributed by atoms with van der Waals surface area (Å²) < 4.78 is 31.6. The molecule has 0 N–H and O–H groups in total. The molecule has 1 atom stereocenters. The lowest BCUT2D eigenvalue weighted by atomic mass is 10.00. The number of piperidine rings is 1. The van der Waals surface area contributed by atoms with E-state index in [-0.39, 0.29) is 35.5 Å². The van der Waals surface area contributed by atoms with Crippen LogP contribution >= 0.6 is 0 Å². The molecule has 30 heavy (non-hydrogen) atoms. The van der Waals surface area contributed by atoms with Crippen molar-refractivity contribution in [3.63, 3.8) is 0 Å². The molecular weight excluding hydrogens is 406 g/mol. The van der Waals surface area contributed by atoms with Crippen LogP contribution in [0, 0.1) is 0 Å². The molecule has 2 heterocycles. The van der Waals surface area contributed by atoms with Crippen molar-refractivity contribution in [1.82, 2.24) is 14.1 Å². The van der Waals surface area contributed by atoms with Crippen molar-refractivity contribution < 1.29 is 22.7 Å². The van der Waals surface area contributed by atoms with Crippen LogP contribution in [0.2, 0.25) is 0 Å². The maximum absolute atomic E-state index is 12.7. The number of benzene rings is 1. The van der Waals surface area contributed by atoms with Gasteiger partial charge in [-0.15, -0.1) is 0 Å². The van der Waals surface area contributed by atoms with Crippen LogP contribution in [0.1, 0.15) is 39.0 Å². The number of likely N-dealkylation sites (tertiary alicyclic amines) is 1. The number of likely N-dealkylation sites (N-methyl/N-ethyl adjacent to an activating group) is 1. The SMILES string of the molecule is CCCCC1COC(=O)N1C1CCN(C(=O)CN(C)S(=O)(=O)c2ccccc2)CC1. The van der Waals surface area contributed by atoms with Crippen molar-refractivity contribution in [3.8, 4) is 0 Å². The van der Waals surface area contributed by atoms with E-state index in [1.807, 2.05) is 4.90 Å². The van der Waals surface area contributed by atoms with Gasteiger partial charge < -0.3 is 9.64 Å². The van der Waals surface area contributed by atoms with E-state index in [2.05, 4.69) is 6.92 Å². The minimum atomic E-state index is -3.70. The first-order chi connectivity index (χ1) is 14.3. The molecule has 9 heteroatoms. The Morgan fingerprint density at radius 3 is 2.50 bits per heavy atom. The molecule has 2 aliphatic rings. The topological polar surface area (TPSA) is 87.2 Å². The van der Waals surface area contributed by atoms with E-state index in [1.165, 1.54) is 19.2 Å². The second kappa shape index (κ2) is 9.78. The highest BCUT2D eigenvalue weighted by Gasteiger charge is 2.39. The fourth-order valence-electron chi connectivity index (χ4n) is 4.12. The zero-order valence-corrected chi connectivity index (χ0v) is 18.5. The van der Waals surface area contributed by atoms with E-state index in [1.54, 1.807) is 23.1 Å². The molecule has 2 fully saturated rings. The molecule has 2 amide bonds. The van der Waals surface area contributed by atoms with Gasteiger partial charge in [0, 0.05) is 26.2 Å². The maximum Gasteiger partial charge on any atom is 0.410 e. The summed E-state index contributed by atoms with van der Waals surface area (Å²) in [4.78, 5) is 28.6. The molecule has 2 saturated heterocycles. The zero-order valence-electron chi connectivity index (χ0n) is 17.7. The number of nitrogens with zero attached hydrogens (tertiary/aromatic N) is 3. The Morgan fingerprint density at radius 1 is 1.20 bits per heavy atom. The second-order valence-corrected chi connectivity index (χ2v) is 10.0. The molecule has 2 aliphatic heterocycles. The Hall–Kier alpha value is -2.13. The quantitative estimate of drug-likeness (QED) is 0.623. The van der Waals surface area contributed by atoms with Crippen LogP contribution in [0.25, 0.3) is 0 Å². The van der Waals surface area contributed by atoms with Gasteiger partial charge in [0.1, 0.15) is 6.61 Å². The molecule has 166 valence electrons. The van der Waals surface area contributed by atoms with E-state index in [0.29, 0.717) is 32.5 Å². The number of ether oxygens (including phenoxy) is 1. The highest BCUT2D eigenvalue weighted by atomic mass is 32.2. The third-order valence-electron chi connectivity index (χ3n) is 5.91. The standard InChI is InChI=1S/C21H31N3O5S/c1-3-4-8-18-16-29-21(26)24(18)17-11-13-23(14-12-17)20(25)15-22(2)30(27,28)19-9-6-5-7-10-19/h5-7,9-10,17-18H,3-4,8,11-16H2,1-2H3. The van der Waals surface area contributed by atoms with Crippen LogP contribution < -0.4 is 0 Å². The summed E-state index contributed by atoms with van der Waals surface area (Å²) in [6, 6.07) is 8.29. The average molecular weight is 438 g/mol. The Balaban J connectivity index is 1.54. The van der Waals surface area contributed by atoms with E-state index < -0.39 is 10.0 Å². The van der Waals surface area contributed by atoms with Crippen molar-refractivity contribution in [2.24, 2.45) is 0 Å². The van der Waals surface area contributed by atoms with Crippen LogP contribution in [0.4, 0.5) is 4.79 Å². The van der Waals surface area contributed by atoms with Gasteiger partial charge in [0.05, 0.1) is 17.5 Å². The monoisotopic (exact) mass is 437 g/mol. The number of sulfonamides is 1. The second-order valence-electron chi connectivity index (χ2n) is 7.97. The minimum Gasteiger partial charge on any atom is -0.447 e. The van der Waals surface area contributed by atoms with Gasteiger partial charge in [-0.2, -0.15) is 4.31 Å². The molecule has 1 unspecified atom stereocenters. The number of cyclic esters (lactones) is 1. The van der Waals surface area contributed by atoms with Crippen molar-refractivity contribution in [2.45, 2.75) is 56.0 Å². The molecule has 0 aromatic heterocycles. The molecule has 0 bridgehead atoms. The number of amides is 2. The minimum absolute atomic E-state index is 0.0664. The van der Waals surface area contributed by atoms with Gasteiger partial charge >= 0.3 is 6.09 Å². The third-order valence-corrected chi connectivity index (χ3v) is 7.73. The van der Waals surface area contributed by atoms with Gasteiger partial charge in [0.15, 0.2) is 0 Å². The molecule has 0 radical (unpaired) electrons. The molecule has 0 saturated carbocycles. The van der Waals surface area contributed by atoms with Gasteiger partial charge in [-0.25, -0.2) is 13.2 Å². The molecule has 3 rings (SSSR count). The highest BCUT2D eigenvalue weighted by molar-refractivity contribution is 7.89. The van der Waals surface area contributed by atoms with Gasteiger partial charge in [-0.05, 0) is 31.4 Å². The molecule has 0 aliphatic carbocycles. The summed E-state index contributed by atoms with van der Waals surface area (Å²) in [5, 5.41) is 0. The zero-order chi connectivity index (χ0) is 21.7. The number of carbonyl (C=O) groups is 2. The molecule has 1 aromatic carbocycles. The van der Waals surface area contributed by atoms with Crippen molar-refractivity contribution in [2.75, 3.05) is 33.3 Å². The average Bonchev–Trinajstić information content (AvgIpc) is 3.13. The summed E-state index contributed by atoms with van der Waals surface area (Å²) in [6.45, 7) is 3.38. The lowest BCUT2D eigenvalue weighted by Gasteiger charge is -2.38. The van der Waals surface area contributed by atoms with Gasteiger partial charge in [-0.3, -0.25) is 9.69 Å². The number of unbranched alkanes of at least 4 members (excludes halogenated alkanes) is 1. The first kappa shape index (κ1) is 22.6. The lowest BCUT2D eigenvalue weighted by Crippen LogP contribution is -2.51. The van der Waals surface area contributed by atoms with E-state index in [4.69, 9.17) is 4.74 Å². The first-order valence-electron chi connectivity index (χ1n) is 10.6. The van der Waals surface area contributed by atoms with Crippen LogP contribution in [-0.2, 0) is 19.6 Å². The lowest BCUT2D eigenvalue weighted by molar-refractivity contribution is -0.132. The number of hydrogen-bond donors (Lipinski definition) is 0. The Morgan fingerprint density at radius 2 is 1.87 bits per heavy atom. The summed E-state index contributed by atoms with van der Waals surface area (Å²) in [7, 11) is -2.28. The van der Waals surface area contributed by atoms with E-state index in [0.717, 1.165) is 23.6 Å². The summed E-state index contributed by atoms with van der Waals surface area (Å²) in [5.74, 6) is -0.220. The smallest absolute Gasteiger partial charge is 0.410 e. The van der Waals surface area contributed by atoms with Gasteiger partial charge in [0.2, 0.25) is 15.9 Å². The van der Waals surface area contributed by atoms with Crippen LogP contribution in [-0.4, -0.2) is 79.9 Å². The van der Waals surface area contributed by atoms with Crippen LogP contribution in [0.3, 0.4) is 0 Å². The van der Waals surface area contributed by atoms with Crippen molar-refractivity contribution in [1.29, 1.82) is 0 Å². The van der Waals surface area contributed by atoms with Gasteiger partial charge in [-0.1, -0.05) is 38.0 Å². The summed E-state index contributed by atoms with van der Waals surface area (Å²) in [6.07, 6.45) is 4.16. The number of carbonyl (C=O) groups excluding carboxylic acids is 2. The largest absolute Gasteiger partial charge is 0.447 e. The van der Waals surface area contributed by atoms with E-state index in [9.17, 15) is 18.0 Å². The fourth-order valence-corrected chi connectivity index (χ4v) is 5.26. The van der Waals surface area contributed by atoms with E-state index >= 15 is 0 Å². The molecule has 0 spiro atoms.